The predicted octanol–water partition coefficient (Wildman–Crippen LogP) is 1.57. The molecule has 1 aromatic rings. The van der Waals surface area contributed by atoms with E-state index in [1.807, 2.05) is 12.1 Å². The van der Waals surface area contributed by atoms with Crippen LogP contribution in [-0.4, -0.2) is 24.5 Å². The first kappa shape index (κ1) is 11.6. The molecule has 0 bridgehead atoms. The van der Waals surface area contributed by atoms with E-state index in [2.05, 4.69) is 0 Å². The zero-order chi connectivity index (χ0) is 11.6. The number of carbonyl (C=O) groups is 1. The minimum absolute atomic E-state index is 0.0206. The molecular weight excluding hydrogens is 226 g/mol. The van der Waals surface area contributed by atoms with E-state index in [0.717, 1.165) is 5.56 Å². The third kappa shape index (κ3) is 2.43. The van der Waals surface area contributed by atoms with E-state index < -0.39 is 5.54 Å². The molecule has 2 rings (SSSR count). The molecule has 1 atom stereocenters. The molecule has 86 valence electrons. The summed E-state index contributed by atoms with van der Waals surface area (Å²) in [6.45, 7) is 0.893. The highest BCUT2D eigenvalue weighted by atomic mass is 35.5. The average Bonchev–Trinajstić information content (AvgIpc) is 2.66. The molecule has 2 N–H and O–H groups in total. The van der Waals surface area contributed by atoms with Gasteiger partial charge in [-0.25, -0.2) is 0 Å². The van der Waals surface area contributed by atoms with Crippen LogP contribution in [0.1, 0.15) is 12.0 Å². The molecule has 16 heavy (non-hydrogen) atoms. The van der Waals surface area contributed by atoms with E-state index in [0.29, 0.717) is 31.1 Å². The summed E-state index contributed by atoms with van der Waals surface area (Å²) in [5.41, 5.74) is 6.08. The fraction of sp³-hybridized carbons (Fsp3) is 0.417. The lowest BCUT2D eigenvalue weighted by atomic mass is 9.90. The smallest absolute Gasteiger partial charge is 0.159 e. The van der Waals surface area contributed by atoms with Gasteiger partial charge in [-0.2, -0.15) is 0 Å². The van der Waals surface area contributed by atoms with Crippen molar-refractivity contribution in [2.75, 3.05) is 13.2 Å². The number of rotatable bonds is 3. The molecule has 0 amide bonds. The van der Waals surface area contributed by atoms with E-state index in [9.17, 15) is 4.79 Å². The second kappa shape index (κ2) is 4.53. The first-order valence-electron chi connectivity index (χ1n) is 5.24. The molecular formula is C12H14ClNO2. The van der Waals surface area contributed by atoms with Gasteiger partial charge in [-0.1, -0.05) is 23.7 Å². The van der Waals surface area contributed by atoms with Gasteiger partial charge in [-0.05, 0) is 24.1 Å². The van der Waals surface area contributed by atoms with Crippen LogP contribution in [0, 0.1) is 0 Å². The highest BCUT2D eigenvalue weighted by Gasteiger charge is 2.37. The van der Waals surface area contributed by atoms with Gasteiger partial charge in [-0.3, -0.25) is 4.79 Å². The van der Waals surface area contributed by atoms with Crippen LogP contribution in [0.3, 0.4) is 0 Å². The molecule has 0 spiro atoms. The van der Waals surface area contributed by atoms with Crippen LogP contribution >= 0.6 is 11.6 Å². The molecule has 4 heteroatoms. The van der Waals surface area contributed by atoms with Crippen LogP contribution in [0.4, 0.5) is 0 Å². The summed E-state index contributed by atoms with van der Waals surface area (Å²) in [5, 5.41) is 0.638. The summed E-state index contributed by atoms with van der Waals surface area (Å²) in [5.74, 6) is 0.0206. The number of benzene rings is 1. The minimum atomic E-state index is -0.803. The molecule has 1 heterocycles. The molecule has 1 saturated heterocycles. The SMILES string of the molecule is NC1(C(=O)Cc2cccc(Cl)c2)CCOC1. The van der Waals surface area contributed by atoms with E-state index in [4.69, 9.17) is 22.1 Å². The van der Waals surface area contributed by atoms with E-state index in [1.54, 1.807) is 12.1 Å². The number of nitrogens with two attached hydrogens (primary N) is 1. The number of Topliss-reactive ketones (excluding diaryl/α,β-unsaturated/α-hetero) is 1. The molecule has 0 radical (unpaired) electrons. The Morgan fingerprint density at radius 1 is 1.56 bits per heavy atom. The molecule has 3 nitrogen and oxygen atoms in total. The molecule has 0 saturated carbocycles. The van der Waals surface area contributed by atoms with E-state index >= 15 is 0 Å². The lowest BCUT2D eigenvalue weighted by Gasteiger charge is -2.19. The lowest BCUT2D eigenvalue weighted by molar-refractivity contribution is -0.123. The van der Waals surface area contributed by atoms with E-state index in [-0.39, 0.29) is 5.78 Å². The second-order valence-corrected chi connectivity index (χ2v) is 4.63. The Bertz CT molecular complexity index is 400. The van der Waals surface area contributed by atoms with Gasteiger partial charge in [0, 0.05) is 18.1 Å². The average molecular weight is 240 g/mol. The number of hydrogen-bond acceptors (Lipinski definition) is 3. The number of halogens is 1. The Balaban J connectivity index is 2.07. The summed E-state index contributed by atoms with van der Waals surface area (Å²) >= 11 is 5.86. The molecule has 1 aliphatic rings. The molecule has 1 aromatic carbocycles. The second-order valence-electron chi connectivity index (χ2n) is 4.19. The third-order valence-corrected chi connectivity index (χ3v) is 3.10. The summed E-state index contributed by atoms with van der Waals surface area (Å²) < 4.78 is 5.17. The monoisotopic (exact) mass is 239 g/mol. The number of ketones is 1. The molecule has 0 aromatic heterocycles. The highest BCUT2D eigenvalue weighted by Crippen LogP contribution is 2.20. The van der Waals surface area contributed by atoms with Crippen molar-refractivity contribution in [1.82, 2.24) is 0 Å². The number of ether oxygens (including phenoxy) is 1. The van der Waals surface area contributed by atoms with Gasteiger partial charge >= 0.3 is 0 Å². The molecule has 1 unspecified atom stereocenters. The van der Waals surface area contributed by atoms with Gasteiger partial charge in [0.15, 0.2) is 5.78 Å². The van der Waals surface area contributed by atoms with Gasteiger partial charge in [-0.15, -0.1) is 0 Å². The summed E-state index contributed by atoms with van der Waals surface area (Å²) in [7, 11) is 0. The minimum Gasteiger partial charge on any atom is -0.379 e. The van der Waals surface area contributed by atoms with Gasteiger partial charge in [0.05, 0.1) is 6.61 Å². The zero-order valence-corrected chi connectivity index (χ0v) is 9.67. The van der Waals surface area contributed by atoms with Gasteiger partial charge < -0.3 is 10.5 Å². The third-order valence-electron chi connectivity index (χ3n) is 2.86. The summed E-state index contributed by atoms with van der Waals surface area (Å²) in [6.07, 6.45) is 0.923. The molecule has 1 aliphatic heterocycles. The van der Waals surface area contributed by atoms with Crippen LogP contribution in [0.25, 0.3) is 0 Å². The lowest BCUT2D eigenvalue weighted by Crippen LogP contribution is -2.49. The van der Waals surface area contributed by atoms with Crippen molar-refractivity contribution < 1.29 is 9.53 Å². The Morgan fingerprint density at radius 3 is 3.00 bits per heavy atom. The Morgan fingerprint density at radius 2 is 2.38 bits per heavy atom. The van der Waals surface area contributed by atoms with Gasteiger partial charge in [0.2, 0.25) is 0 Å². The number of hydrogen-bond donors (Lipinski definition) is 1. The maximum Gasteiger partial charge on any atom is 0.159 e. The normalized spacial score (nSPS) is 24.6. The van der Waals surface area contributed by atoms with Crippen LogP contribution in [0.5, 0.6) is 0 Å². The van der Waals surface area contributed by atoms with Crippen LogP contribution in [0.2, 0.25) is 5.02 Å². The van der Waals surface area contributed by atoms with Gasteiger partial charge in [0.1, 0.15) is 5.54 Å². The van der Waals surface area contributed by atoms with Crippen LogP contribution < -0.4 is 5.73 Å². The fourth-order valence-corrected chi connectivity index (χ4v) is 2.02. The summed E-state index contributed by atoms with van der Waals surface area (Å²) in [4.78, 5) is 12.0. The Labute approximate surface area is 99.5 Å². The topological polar surface area (TPSA) is 52.3 Å². The van der Waals surface area contributed by atoms with Crippen molar-refractivity contribution >= 4 is 17.4 Å². The van der Waals surface area contributed by atoms with Crippen molar-refractivity contribution in [2.24, 2.45) is 5.73 Å². The number of carbonyl (C=O) groups excluding carboxylic acids is 1. The molecule has 1 fully saturated rings. The van der Waals surface area contributed by atoms with Crippen molar-refractivity contribution in [3.63, 3.8) is 0 Å². The molecule has 0 aliphatic carbocycles. The van der Waals surface area contributed by atoms with Crippen LogP contribution in [-0.2, 0) is 16.0 Å². The standard InChI is InChI=1S/C12H14ClNO2/c13-10-3-1-2-9(6-10)7-11(15)12(14)4-5-16-8-12/h1-3,6H,4-5,7-8,14H2. The quantitative estimate of drug-likeness (QED) is 0.871. The Kier molecular flexibility index (Phi) is 3.28. The highest BCUT2D eigenvalue weighted by molar-refractivity contribution is 6.30. The van der Waals surface area contributed by atoms with E-state index in [1.165, 1.54) is 0 Å². The van der Waals surface area contributed by atoms with Crippen LogP contribution in [0.15, 0.2) is 24.3 Å². The van der Waals surface area contributed by atoms with Crippen molar-refractivity contribution in [1.29, 1.82) is 0 Å². The Hall–Kier alpha value is -0.900. The fourth-order valence-electron chi connectivity index (χ4n) is 1.81. The predicted molar refractivity (Wildman–Crippen MR) is 62.5 cm³/mol. The first-order valence-corrected chi connectivity index (χ1v) is 5.62. The largest absolute Gasteiger partial charge is 0.379 e. The van der Waals surface area contributed by atoms with Crippen molar-refractivity contribution in [3.05, 3.63) is 34.9 Å². The first-order chi connectivity index (χ1) is 7.60. The maximum absolute atomic E-state index is 12.0. The maximum atomic E-state index is 12.0. The van der Waals surface area contributed by atoms with Gasteiger partial charge in [0.25, 0.3) is 0 Å². The zero-order valence-electron chi connectivity index (χ0n) is 8.91. The van der Waals surface area contributed by atoms with Crippen molar-refractivity contribution in [3.8, 4) is 0 Å². The summed E-state index contributed by atoms with van der Waals surface area (Å²) in [6, 6.07) is 7.29. The van der Waals surface area contributed by atoms with Crippen molar-refractivity contribution in [2.45, 2.75) is 18.4 Å².